The highest BCUT2D eigenvalue weighted by Gasteiger charge is 2.12. The molecule has 1 amide bonds. The second-order valence-corrected chi connectivity index (χ2v) is 6.09. The first kappa shape index (κ1) is 15.3. The Morgan fingerprint density at radius 1 is 1.17 bits per heavy atom. The number of carbonyl (C=O) groups is 1. The van der Waals surface area contributed by atoms with Crippen LogP contribution in [0.15, 0.2) is 48.7 Å². The minimum absolute atomic E-state index is 0.0943. The highest BCUT2D eigenvalue weighted by atomic mass is 16.1. The Bertz CT molecular complexity index is 849. The molecule has 1 heterocycles. The first-order chi connectivity index (χ1) is 11.0. The zero-order valence-electron chi connectivity index (χ0n) is 13.7. The number of aromatic amines is 1. The second kappa shape index (κ2) is 6.26. The molecular formula is C19H21N3O. The van der Waals surface area contributed by atoms with Gasteiger partial charge in [0.05, 0.1) is 11.1 Å². The molecule has 2 N–H and O–H groups in total. The zero-order chi connectivity index (χ0) is 16.4. The van der Waals surface area contributed by atoms with Gasteiger partial charge >= 0.3 is 0 Å². The topological polar surface area (TPSA) is 48.1 Å². The molecule has 3 rings (SSSR count). The molecule has 0 fully saturated rings. The molecule has 0 unspecified atom stereocenters. The van der Waals surface area contributed by atoms with Crippen molar-refractivity contribution in [3.8, 4) is 0 Å². The molecule has 0 atom stereocenters. The largest absolute Gasteiger partial charge is 0.361 e. The fraction of sp³-hybridized carbons (Fsp3) is 0.211. The van der Waals surface area contributed by atoms with Crippen LogP contribution >= 0.6 is 0 Å². The molecule has 0 bridgehead atoms. The van der Waals surface area contributed by atoms with Gasteiger partial charge in [0, 0.05) is 23.8 Å². The number of carbonyl (C=O) groups excluding carboxylic acids is 1. The molecule has 0 saturated carbocycles. The first-order valence-corrected chi connectivity index (χ1v) is 7.66. The fourth-order valence-electron chi connectivity index (χ4n) is 2.73. The molecule has 118 valence electrons. The quantitative estimate of drug-likeness (QED) is 0.770. The number of benzene rings is 2. The molecule has 1 aromatic heterocycles. The van der Waals surface area contributed by atoms with E-state index in [-0.39, 0.29) is 5.91 Å². The Kier molecular flexibility index (Phi) is 4.17. The van der Waals surface area contributed by atoms with Crippen molar-refractivity contribution in [2.75, 3.05) is 19.4 Å². The number of nitrogens with one attached hydrogen (secondary N) is 2. The smallest absolute Gasteiger partial charge is 0.257 e. The minimum Gasteiger partial charge on any atom is -0.361 e. The molecule has 0 spiro atoms. The summed E-state index contributed by atoms with van der Waals surface area (Å²) in [5.74, 6) is -0.0943. The standard InChI is InChI=1S/C19H21N3O/c1-13-7-8-14(12-22(2)3)11-17(13)21-19(23)16-6-4-5-15-9-10-20-18(15)16/h4-11,20H,12H2,1-3H3,(H,21,23). The minimum atomic E-state index is -0.0943. The summed E-state index contributed by atoms with van der Waals surface area (Å²) in [5, 5.41) is 4.08. The van der Waals surface area contributed by atoms with E-state index in [1.807, 2.05) is 63.6 Å². The van der Waals surface area contributed by atoms with Gasteiger partial charge in [0.15, 0.2) is 0 Å². The van der Waals surface area contributed by atoms with Crippen LogP contribution in [0.1, 0.15) is 21.5 Å². The molecule has 0 radical (unpaired) electrons. The number of amides is 1. The number of H-pyrrole nitrogens is 1. The van der Waals surface area contributed by atoms with Crippen LogP contribution in [-0.4, -0.2) is 29.9 Å². The number of para-hydroxylation sites is 1. The lowest BCUT2D eigenvalue weighted by atomic mass is 10.1. The monoisotopic (exact) mass is 307 g/mol. The van der Waals surface area contributed by atoms with Crippen LogP contribution in [-0.2, 0) is 6.54 Å². The van der Waals surface area contributed by atoms with Gasteiger partial charge in [-0.25, -0.2) is 0 Å². The number of hydrogen-bond donors (Lipinski definition) is 2. The molecule has 23 heavy (non-hydrogen) atoms. The summed E-state index contributed by atoms with van der Waals surface area (Å²) >= 11 is 0. The summed E-state index contributed by atoms with van der Waals surface area (Å²) in [7, 11) is 4.06. The lowest BCUT2D eigenvalue weighted by Gasteiger charge is -2.14. The third-order valence-electron chi connectivity index (χ3n) is 3.88. The van der Waals surface area contributed by atoms with Gasteiger partial charge in [-0.15, -0.1) is 0 Å². The van der Waals surface area contributed by atoms with Crippen molar-refractivity contribution in [1.29, 1.82) is 0 Å². The Labute approximate surface area is 136 Å². The molecule has 0 aliphatic heterocycles. The third kappa shape index (κ3) is 3.27. The SMILES string of the molecule is Cc1ccc(CN(C)C)cc1NC(=O)c1cccc2cc[nH]c12. The Hall–Kier alpha value is -2.59. The number of anilines is 1. The van der Waals surface area contributed by atoms with E-state index in [0.717, 1.165) is 28.7 Å². The van der Waals surface area contributed by atoms with Crippen molar-refractivity contribution in [2.45, 2.75) is 13.5 Å². The van der Waals surface area contributed by atoms with E-state index in [9.17, 15) is 4.79 Å². The number of fused-ring (bicyclic) bond motifs is 1. The van der Waals surface area contributed by atoms with Crippen molar-refractivity contribution in [2.24, 2.45) is 0 Å². The van der Waals surface area contributed by atoms with Crippen LogP contribution < -0.4 is 5.32 Å². The summed E-state index contributed by atoms with van der Waals surface area (Å²) in [6.45, 7) is 2.85. The maximum absolute atomic E-state index is 12.7. The molecule has 4 nitrogen and oxygen atoms in total. The maximum atomic E-state index is 12.7. The average molecular weight is 307 g/mol. The van der Waals surface area contributed by atoms with Crippen molar-refractivity contribution < 1.29 is 4.79 Å². The van der Waals surface area contributed by atoms with Crippen molar-refractivity contribution >= 4 is 22.5 Å². The van der Waals surface area contributed by atoms with Gasteiger partial charge in [-0.05, 0) is 50.3 Å². The van der Waals surface area contributed by atoms with Crippen molar-refractivity contribution in [3.63, 3.8) is 0 Å². The molecular weight excluding hydrogens is 286 g/mol. The predicted molar refractivity (Wildman–Crippen MR) is 94.8 cm³/mol. The molecule has 0 aliphatic carbocycles. The zero-order valence-corrected chi connectivity index (χ0v) is 13.7. The van der Waals surface area contributed by atoms with E-state index < -0.39 is 0 Å². The van der Waals surface area contributed by atoms with Gasteiger partial charge < -0.3 is 15.2 Å². The van der Waals surface area contributed by atoms with Gasteiger partial charge in [-0.3, -0.25) is 4.79 Å². The maximum Gasteiger partial charge on any atom is 0.257 e. The lowest BCUT2D eigenvalue weighted by molar-refractivity contribution is 0.102. The van der Waals surface area contributed by atoms with Crippen LogP contribution in [0.25, 0.3) is 10.9 Å². The summed E-state index contributed by atoms with van der Waals surface area (Å²) in [6, 6.07) is 13.9. The number of hydrogen-bond acceptors (Lipinski definition) is 2. The van der Waals surface area contributed by atoms with E-state index >= 15 is 0 Å². The van der Waals surface area contributed by atoms with Gasteiger partial charge in [0.2, 0.25) is 0 Å². The van der Waals surface area contributed by atoms with Crippen LogP contribution in [0.4, 0.5) is 5.69 Å². The molecule has 0 saturated heterocycles. The molecule has 0 aliphatic rings. The molecule has 4 heteroatoms. The number of rotatable bonds is 4. The predicted octanol–water partition coefficient (Wildman–Crippen LogP) is 3.79. The van der Waals surface area contributed by atoms with Gasteiger partial charge in [-0.1, -0.05) is 24.3 Å². The number of nitrogens with zero attached hydrogens (tertiary/aromatic N) is 1. The number of aromatic nitrogens is 1. The van der Waals surface area contributed by atoms with Gasteiger partial charge in [-0.2, -0.15) is 0 Å². The first-order valence-electron chi connectivity index (χ1n) is 7.66. The van der Waals surface area contributed by atoms with E-state index in [4.69, 9.17) is 0 Å². The van der Waals surface area contributed by atoms with Crippen LogP contribution in [0, 0.1) is 6.92 Å². The Morgan fingerprint density at radius 3 is 2.78 bits per heavy atom. The van der Waals surface area contributed by atoms with Gasteiger partial charge in [0.1, 0.15) is 0 Å². The van der Waals surface area contributed by atoms with Crippen LogP contribution in [0.3, 0.4) is 0 Å². The van der Waals surface area contributed by atoms with E-state index in [1.165, 1.54) is 5.56 Å². The van der Waals surface area contributed by atoms with E-state index in [1.54, 1.807) is 0 Å². The highest BCUT2D eigenvalue weighted by Crippen LogP contribution is 2.21. The van der Waals surface area contributed by atoms with E-state index in [0.29, 0.717) is 5.56 Å². The Morgan fingerprint density at radius 2 is 2.00 bits per heavy atom. The van der Waals surface area contributed by atoms with E-state index in [2.05, 4.69) is 21.3 Å². The molecule has 2 aromatic carbocycles. The van der Waals surface area contributed by atoms with Crippen LogP contribution in [0.5, 0.6) is 0 Å². The molecule has 3 aromatic rings. The summed E-state index contributed by atoms with van der Waals surface area (Å²) in [5.41, 5.74) is 4.61. The lowest BCUT2D eigenvalue weighted by Crippen LogP contribution is -2.15. The normalized spacial score (nSPS) is 11.1. The number of aryl methyl sites for hydroxylation is 1. The van der Waals surface area contributed by atoms with Gasteiger partial charge in [0.25, 0.3) is 5.91 Å². The summed E-state index contributed by atoms with van der Waals surface area (Å²) in [4.78, 5) is 17.9. The fourth-order valence-corrected chi connectivity index (χ4v) is 2.73. The Balaban J connectivity index is 1.89. The van der Waals surface area contributed by atoms with Crippen molar-refractivity contribution in [1.82, 2.24) is 9.88 Å². The summed E-state index contributed by atoms with van der Waals surface area (Å²) < 4.78 is 0. The second-order valence-electron chi connectivity index (χ2n) is 6.09. The summed E-state index contributed by atoms with van der Waals surface area (Å²) in [6.07, 6.45) is 1.85. The highest BCUT2D eigenvalue weighted by molar-refractivity contribution is 6.12. The van der Waals surface area contributed by atoms with Crippen LogP contribution in [0.2, 0.25) is 0 Å². The average Bonchev–Trinajstić information content (AvgIpc) is 2.98. The third-order valence-corrected chi connectivity index (χ3v) is 3.88. The van der Waals surface area contributed by atoms with Crippen molar-refractivity contribution in [3.05, 3.63) is 65.4 Å².